The summed E-state index contributed by atoms with van der Waals surface area (Å²) in [6.07, 6.45) is 6.72. The number of thiazole rings is 1. The molecule has 78 valence electrons. The molecule has 0 atom stereocenters. The van der Waals surface area contributed by atoms with E-state index < -0.39 is 0 Å². The second-order valence-corrected chi connectivity index (χ2v) is 4.92. The van der Waals surface area contributed by atoms with Gasteiger partial charge in [-0.15, -0.1) is 11.3 Å². The number of hydrogen-bond acceptors (Lipinski definition) is 4. The predicted octanol–water partition coefficient (Wildman–Crippen LogP) is 2.81. The van der Waals surface area contributed by atoms with E-state index in [4.69, 9.17) is 12.2 Å². The normalized spacial score (nSPS) is 18.7. The second-order valence-electron chi connectivity index (χ2n) is 3.20. The Balaban J connectivity index is 2.38. The lowest BCUT2D eigenvalue weighted by Gasteiger charge is -2.05. The minimum atomic E-state index is 0.0139. The van der Waals surface area contributed by atoms with Crippen molar-refractivity contribution in [2.24, 2.45) is 0 Å². The van der Waals surface area contributed by atoms with Gasteiger partial charge in [0.2, 0.25) is 5.88 Å². The molecule has 1 heterocycles. The van der Waals surface area contributed by atoms with Crippen LogP contribution in [0.4, 0.5) is 0 Å². The summed E-state index contributed by atoms with van der Waals surface area (Å²) in [5.41, 5.74) is 0.720. The Bertz CT molecular complexity index is 508. The zero-order valence-corrected chi connectivity index (χ0v) is 9.45. The summed E-state index contributed by atoms with van der Waals surface area (Å²) in [5, 5.41) is 9.46. The van der Waals surface area contributed by atoms with Crippen molar-refractivity contribution in [3.63, 3.8) is 0 Å². The van der Waals surface area contributed by atoms with Crippen molar-refractivity contribution in [2.75, 3.05) is 0 Å². The molecule has 0 aliphatic heterocycles. The van der Waals surface area contributed by atoms with Crippen LogP contribution in [0.1, 0.15) is 17.7 Å². The third kappa shape index (κ3) is 2.24. The van der Waals surface area contributed by atoms with E-state index in [9.17, 15) is 9.90 Å². The lowest BCUT2D eigenvalue weighted by Crippen LogP contribution is -2.02. The van der Waals surface area contributed by atoms with Crippen molar-refractivity contribution in [3.05, 3.63) is 26.6 Å². The molecule has 1 aliphatic rings. The molecule has 1 aliphatic carbocycles. The Labute approximate surface area is 95.8 Å². The molecule has 0 amide bonds. The van der Waals surface area contributed by atoms with Crippen LogP contribution in [0.2, 0.25) is 0 Å². The van der Waals surface area contributed by atoms with Gasteiger partial charge in [-0.2, -0.15) is 0 Å². The number of allylic oxidation sites excluding steroid dienone is 3. The maximum atomic E-state index is 11.4. The van der Waals surface area contributed by atoms with Gasteiger partial charge in [-0.05, 0) is 37.2 Å². The molecule has 0 saturated carbocycles. The molecule has 0 saturated heterocycles. The molecule has 1 aromatic rings. The van der Waals surface area contributed by atoms with E-state index in [0.29, 0.717) is 8.83 Å². The molecule has 0 fully saturated rings. The van der Waals surface area contributed by atoms with Crippen molar-refractivity contribution in [3.8, 4) is 5.88 Å². The van der Waals surface area contributed by atoms with Gasteiger partial charge in [0.05, 0.1) is 4.88 Å². The maximum Gasteiger partial charge on any atom is 0.207 e. The summed E-state index contributed by atoms with van der Waals surface area (Å²) < 4.78 is 0.512. The van der Waals surface area contributed by atoms with Gasteiger partial charge in [-0.25, -0.2) is 0 Å². The Morgan fingerprint density at radius 3 is 3.00 bits per heavy atom. The zero-order chi connectivity index (χ0) is 10.8. The molecule has 3 nitrogen and oxygen atoms in total. The van der Waals surface area contributed by atoms with Crippen LogP contribution in [0, 0.1) is 3.95 Å². The van der Waals surface area contributed by atoms with Crippen LogP contribution in [0.15, 0.2) is 17.7 Å². The minimum Gasteiger partial charge on any atom is -0.494 e. The minimum absolute atomic E-state index is 0.0139. The van der Waals surface area contributed by atoms with Crippen molar-refractivity contribution >= 4 is 35.4 Å². The fraction of sp³-hybridized carbons (Fsp3) is 0.200. The number of hydrogen-bond donors (Lipinski definition) is 2. The van der Waals surface area contributed by atoms with E-state index in [0.717, 1.165) is 18.4 Å². The summed E-state index contributed by atoms with van der Waals surface area (Å²) in [4.78, 5) is 14.7. The van der Waals surface area contributed by atoms with Gasteiger partial charge in [0.15, 0.2) is 9.74 Å². The highest BCUT2D eigenvalue weighted by Crippen LogP contribution is 2.26. The molecule has 5 heteroatoms. The molecule has 0 radical (unpaired) electrons. The molecule has 2 rings (SSSR count). The quantitative estimate of drug-likeness (QED) is 0.585. The number of nitrogens with one attached hydrogen (secondary N) is 1. The Hall–Kier alpha value is -1.20. The SMILES string of the molecule is O=C1C=CCC/C1=C/c1sc(=S)[nH]c1O. The average molecular weight is 239 g/mol. The first-order valence-electron chi connectivity index (χ1n) is 4.50. The summed E-state index contributed by atoms with van der Waals surface area (Å²) in [6.45, 7) is 0. The third-order valence-electron chi connectivity index (χ3n) is 2.13. The van der Waals surface area contributed by atoms with Crippen LogP contribution in [-0.4, -0.2) is 15.9 Å². The van der Waals surface area contributed by atoms with Gasteiger partial charge >= 0.3 is 0 Å². The highest BCUT2D eigenvalue weighted by Gasteiger charge is 2.11. The van der Waals surface area contributed by atoms with Gasteiger partial charge in [0.1, 0.15) is 0 Å². The number of carbonyl (C=O) groups excluding carboxylic acids is 1. The topological polar surface area (TPSA) is 53.1 Å². The molecule has 0 unspecified atom stereocenters. The van der Waals surface area contributed by atoms with E-state index in [-0.39, 0.29) is 11.7 Å². The second kappa shape index (κ2) is 4.12. The average Bonchev–Trinajstić information content (AvgIpc) is 2.49. The molecule has 1 aromatic heterocycles. The van der Waals surface area contributed by atoms with Gasteiger partial charge in [0, 0.05) is 5.57 Å². The molecule has 0 bridgehead atoms. The van der Waals surface area contributed by atoms with E-state index in [1.54, 1.807) is 12.2 Å². The van der Waals surface area contributed by atoms with Gasteiger partial charge in [-0.1, -0.05) is 6.08 Å². The number of ketones is 1. The third-order valence-corrected chi connectivity index (χ3v) is 3.30. The fourth-order valence-electron chi connectivity index (χ4n) is 1.39. The number of H-pyrrole nitrogens is 1. The summed E-state index contributed by atoms with van der Waals surface area (Å²) >= 11 is 6.16. The highest BCUT2D eigenvalue weighted by molar-refractivity contribution is 7.73. The van der Waals surface area contributed by atoms with E-state index >= 15 is 0 Å². The van der Waals surface area contributed by atoms with Gasteiger partial charge in [-0.3, -0.25) is 4.79 Å². The standard InChI is InChI=1S/C10H9NO2S2/c12-7-4-2-1-3-6(7)5-8-9(13)11-10(14)15-8/h2,4-5,13H,1,3H2,(H,11,14)/b6-5-. The molecule has 0 spiro atoms. The van der Waals surface area contributed by atoms with Gasteiger partial charge < -0.3 is 10.1 Å². The van der Waals surface area contributed by atoms with Crippen molar-refractivity contribution in [2.45, 2.75) is 12.8 Å². The van der Waals surface area contributed by atoms with E-state index in [2.05, 4.69) is 4.98 Å². The van der Waals surface area contributed by atoms with Crippen LogP contribution in [-0.2, 0) is 4.79 Å². The number of carbonyl (C=O) groups is 1. The van der Waals surface area contributed by atoms with Crippen LogP contribution in [0.25, 0.3) is 6.08 Å². The monoisotopic (exact) mass is 239 g/mol. The van der Waals surface area contributed by atoms with Gasteiger partial charge in [0.25, 0.3) is 0 Å². The highest BCUT2D eigenvalue weighted by atomic mass is 32.1. The molecule has 15 heavy (non-hydrogen) atoms. The lowest BCUT2D eigenvalue weighted by molar-refractivity contribution is -0.111. The molecular formula is C10H9NO2S2. The first-order valence-corrected chi connectivity index (χ1v) is 5.73. The summed E-state index contributed by atoms with van der Waals surface area (Å²) in [5.74, 6) is 0.0554. The number of aromatic hydroxyl groups is 1. The number of aromatic nitrogens is 1. The van der Waals surface area contributed by atoms with Crippen molar-refractivity contribution < 1.29 is 9.90 Å². The fourth-order valence-corrected chi connectivity index (χ4v) is 2.45. The Kier molecular flexibility index (Phi) is 2.83. The predicted molar refractivity (Wildman–Crippen MR) is 62.5 cm³/mol. The lowest BCUT2D eigenvalue weighted by atomic mass is 9.99. The van der Waals surface area contributed by atoms with Crippen molar-refractivity contribution in [1.29, 1.82) is 0 Å². The summed E-state index contributed by atoms with van der Waals surface area (Å²) in [6, 6.07) is 0. The zero-order valence-electron chi connectivity index (χ0n) is 7.82. The van der Waals surface area contributed by atoms with Crippen molar-refractivity contribution in [1.82, 2.24) is 4.98 Å². The first kappa shape index (κ1) is 10.3. The molecule has 0 aromatic carbocycles. The van der Waals surface area contributed by atoms with Crippen LogP contribution >= 0.6 is 23.6 Å². The van der Waals surface area contributed by atoms with Crippen LogP contribution < -0.4 is 0 Å². The van der Waals surface area contributed by atoms with E-state index in [1.807, 2.05) is 6.08 Å². The molecule has 2 N–H and O–H groups in total. The van der Waals surface area contributed by atoms with Crippen LogP contribution in [0.3, 0.4) is 0 Å². The maximum absolute atomic E-state index is 11.4. The number of aromatic amines is 1. The van der Waals surface area contributed by atoms with Crippen LogP contribution in [0.5, 0.6) is 5.88 Å². The largest absolute Gasteiger partial charge is 0.494 e. The summed E-state index contributed by atoms with van der Waals surface area (Å²) in [7, 11) is 0. The number of rotatable bonds is 1. The first-order chi connectivity index (χ1) is 7.16. The molecular weight excluding hydrogens is 230 g/mol. The Morgan fingerprint density at radius 1 is 1.60 bits per heavy atom. The smallest absolute Gasteiger partial charge is 0.207 e. The van der Waals surface area contributed by atoms with E-state index in [1.165, 1.54) is 11.3 Å². The Morgan fingerprint density at radius 2 is 2.40 bits per heavy atom.